The largest absolute Gasteiger partial charge is 0.398 e. The van der Waals surface area contributed by atoms with Gasteiger partial charge in [-0.2, -0.15) is 0 Å². The van der Waals surface area contributed by atoms with Crippen LogP contribution in [0.4, 0.5) is 5.69 Å². The van der Waals surface area contributed by atoms with Gasteiger partial charge in [0.25, 0.3) is 5.56 Å². The molecule has 1 fully saturated rings. The number of aromatic amines is 1. The molecule has 0 spiro atoms. The molecular formula is C13H15N3O6. The molecule has 0 bridgehead atoms. The highest BCUT2D eigenvalue weighted by atomic mass is 16.6. The van der Waals surface area contributed by atoms with E-state index in [2.05, 4.69) is 4.98 Å². The molecule has 0 aliphatic carbocycles. The molecule has 1 aliphatic rings. The molecule has 9 heteroatoms. The lowest BCUT2D eigenvalue weighted by atomic mass is 10.1. The van der Waals surface area contributed by atoms with Crippen LogP contribution in [0.3, 0.4) is 0 Å². The van der Waals surface area contributed by atoms with Gasteiger partial charge in [-0.3, -0.25) is 14.3 Å². The zero-order chi connectivity index (χ0) is 16.0. The van der Waals surface area contributed by atoms with E-state index < -0.39 is 42.4 Å². The molecule has 118 valence electrons. The molecule has 1 aromatic carbocycles. The lowest BCUT2D eigenvalue weighted by Gasteiger charge is -2.19. The van der Waals surface area contributed by atoms with E-state index in [0.29, 0.717) is 0 Å². The molecule has 22 heavy (non-hydrogen) atoms. The molecule has 0 unspecified atom stereocenters. The first kappa shape index (κ1) is 14.7. The highest BCUT2D eigenvalue weighted by molar-refractivity contribution is 5.89. The number of H-pyrrole nitrogens is 1. The van der Waals surface area contributed by atoms with Gasteiger partial charge >= 0.3 is 5.69 Å². The summed E-state index contributed by atoms with van der Waals surface area (Å²) >= 11 is 0. The fourth-order valence-corrected chi connectivity index (χ4v) is 2.68. The minimum Gasteiger partial charge on any atom is -0.398 e. The molecule has 3 rings (SSSR count). The Labute approximate surface area is 123 Å². The van der Waals surface area contributed by atoms with Crippen LogP contribution in [0.2, 0.25) is 0 Å². The number of hydrogen-bond donors (Lipinski definition) is 5. The summed E-state index contributed by atoms with van der Waals surface area (Å²) in [5.74, 6) is 0. The Morgan fingerprint density at radius 1 is 1.27 bits per heavy atom. The van der Waals surface area contributed by atoms with Crippen molar-refractivity contribution in [2.75, 3.05) is 12.3 Å². The van der Waals surface area contributed by atoms with Crippen molar-refractivity contribution in [3.8, 4) is 0 Å². The van der Waals surface area contributed by atoms with E-state index in [1.165, 1.54) is 12.1 Å². The number of aliphatic hydroxyl groups excluding tert-OH is 3. The molecule has 9 nitrogen and oxygen atoms in total. The SMILES string of the molecule is Nc1cccc2c1c(=O)[nH]c(=O)n2[C@@H]1O[C@H](CO)[C@@H](O)[C@H]1O. The first-order valence-corrected chi connectivity index (χ1v) is 6.61. The molecular weight excluding hydrogens is 294 g/mol. The van der Waals surface area contributed by atoms with Crippen LogP contribution in [0.5, 0.6) is 0 Å². The molecule has 2 heterocycles. The maximum Gasteiger partial charge on any atom is 0.331 e. The van der Waals surface area contributed by atoms with Gasteiger partial charge < -0.3 is 25.8 Å². The van der Waals surface area contributed by atoms with Crippen LogP contribution >= 0.6 is 0 Å². The van der Waals surface area contributed by atoms with E-state index in [1.54, 1.807) is 6.07 Å². The Morgan fingerprint density at radius 3 is 2.64 bits per heavy atom. The Balaban J connectivity index is 2.26. The van der Waals surface area contributed by atoms with Crippen molar-refractivity contribution in [1.82, 2.24) is 9.55 Å². The van der Waals surface area contributed by atoms with Crippen molar-refractivity contribution >= 4 is 16.6 Å². The van der Waals surface area contributed by atoms with E-state index in [4.69, 9.17) is 15.6 Å². The van der Waals surface area contributed by atoms with Crippen molar-refractivity contribution in [2.24, 2.45) is 0 Å². The third-order valence-corrected chi connectivity index (χ3v) is 3.77. The van der Waals surface area contributed by atoms with E-state index in [1.807, 2.05) is 0 Å². The molecule has 1 saturated heterocycles. The first-order chi connectivity index (χ1) is 10.5. The summed E-state index contributed by atoms with van der Waals surface area (Å²) in [6.45, 7) is -0.521. The molecule has 2 aromatic rings. The average molecular weight is 309 g/mol. The number of nitrogen functional groups attached to an aromatic ring is 1. The number of nitrogens with two attached hydrogens (primary N) is 1. The molecule has 6 N–H and O–H groups in total. The van der Waals surface area contributed by atoms with E-state index >= 15 is 0 Å². The Kier molecular flexibility index (Phi) is 3.49. The number of nitrogens with one attached hydrogen (secondary N) is 1. The quantitative estimate of drug-likeness (QED) is 0.398. The summed E-state index contributed by atoms with van der Waals surface area (Å²) in [5, 5.41) is 29.1. The fraction of sp³-hybridized carbons (Fsp3) is 0.385. The summed E-state index contributed by atoms with van der Waals surface area (Å²) < 4.78 is 6.35. The van der Waals surface area contributed by atoms with Crippen molar-refractivity contribution < 1.29 is 20.1 Å². The van der Waals surface area contributed by atoms with Crippen LogP contribution in [0.15, 0.2) is 27.8 Å². The van der Waals surface area contributed by atoms with E-state index in [0.717, 1.165) is 4.57 Å². The third kappa shape index (κ3) is 2.03. The van der Waals surface area contributed by atoms with Gasteiger partial charge in [-0.25, -0.2) is 4.79 Å². The van der Waals surface area contributed by atoms with Gasteiger partial charge in [-0.05, 0) is 12.1 Å². The van der Waals surface area contributed by atoms with Gasteiger partial charge in [-0.1, -0.05) is 6.07 Å². The molecule has 0 saturated carbocycles. The number of anilines is 1. The number of rotatable bonds is 2. The highest BCUT2D eigenvalue weighted by Gasteiger charge is 2.44. The molecule has 4 atom stereocenters. The predicted octanol–water partition coefficient (Wildman–Crippen LogP) is -2.12. The van der Waals surface area contributed by atoms with Crippen LogP contribution < -0.4 is 17.0 Å². The second-order valence-electron chi connectivity index (χ2n) is 5.10. The summed E-state index contributed by atoms with van der Waals surface area (Å²) in [5.41, 5.74) is 4.64. The van der Waals surface area contributed by atoms with Crippen molar-refractivity contribution in [3.63, 3.8) is 0 Å². The van der Waals surface area contributed by atoms with Crippen molar-refractivity contribution in [3.05, 3.63) is 39.0 Å². The number of hydrogen-bond acceptors (Lipinski definition) is 7. The second kappa shape index (κ2) is 5.21. The number of aromatic nitrogens is 2. The lowest BCUT2D eigenvalue weighted by Crippen LogP contribution is -2.38. The number of fused-ring (bicyclic) bond motifs is 1. The predicted molar refractivity (Wildman–Crippen MR) is 76.3 cm³/mol. The van der Waals surface area contributed by atoms with E-state index in [-0.39, 0.29) is 16.6 Å². The third-order valence-electron chi connectivity index (χ3n) is 3.77. The molecule has 0 amide bonds. The van der Waals surface area contributed by atoms with Crippen LogP contribution in [0, 0.1) is 0 Å². The summed E-state index contributed by atoms with van der Waals surface area (Å²) in [6.07, 6.45) is -5.08. The summed E-state index contributed by atoms with van der Waals surface area (Å²) in [7, 11) is 0. The van der Waals surface area contributed by atoms with Crippen molar-refractivity contribution in [1.29, 1.82) is 0 Å². The fourth-order valence-electron chi connectivity index (χ4n) is 2.68. The normalized spacial score (nSPS) is 28.3. The number of aliphatic hydroxyl groups is 3. The first-order valence-electron chi connectivity index (χ1n) is 6.61. The lowest BCUT2D eigenvalue weighted by molar-refractivity contribution is -0.0527. The summed E-state index contributed by atoms with van der Waals surface area (Å²) in [4.78, 5) is 26.1. The van der Waals surface area contributed by atoms with Crippen LogP contribution in [-0.4, -0.2) is 49.8 Å². The number of ether oxygens (including phenoxy) is 1. The number of nitrogens with zero attached hydrogens (tertiary/aromatic N) is 1. The molecule has 0 radical (unpaired) electrons. The summed E-state index contributed by atoms with van der Waals surface area (Å²) in [6, 6.07) is 4.54. The van der Waals surface area contributed by atoms with Gasteiger partial charge in [0, 0.05) is 5.69 Å². The standard InChI is InChI=1S/C13H15N3O6/c14-5-2-1-3-6-8(5)11(20)15-13(21)16(6)12-10(19)9(18)7(4-17)22-12/h1-3,7,9-10,12,17-19H,4,14H2,(H,15,20,21)/t7-,9-,10-,12-/m1/s1. The highest BCUT2D eigenvalue weighted by Crippen LogP contribution is 2.30. The maximum atomic E-state index is 12.1. The smallest absolute Gasteiger partial charge is 0.331 e. The van der Waals surface area contributed by atoms with E-state index in [9.17, 15) is 19.8 Å². The van der Waals surface area contributed by atoms with Gasteiger partial charge in [0.15, 0.2) is 6.23 Å². The van der Waals surface area contributed by atoms with Crippen molar-refractivity contribution in [2.45, 2.75) is 24.5 Å². The molecule has 1 aliphatic heterocycles. The van der Waals surface area contributed by atoms with Crippen LogP contribution in [-0.2, 0) is 4.74 Å². The molecule has 1 aromatic heterocycles. The second-order valence-corrected chi connectivity index (χ2v) is 5.10. The Morgan fingerprint density at radius 2 is 2.00 bits per heavy atom. The monoisotopic (exact) mass is 309 g/mol. The van der Waals surface area contributed by atoms with Gasteiger partial charge in [0.05, 0.1) is 17.5 Å². The van der Waals surface area contributed by atoms with Gasteiger partial charge in [0.2, 0.25) is 0 Å². The van der Waals surface area contributed by atoms with Crippen LogP contribution in [0.1, 0.15) is 6.23 Å². The minimum absolute atomic E-state index is 0.0832. The topological polar surface area (TPSA) is 151 Å². The minimum atomic E-state index is -1.44. The van der Waals surface area contributed by atoms with Gasteiger partial charge in [0.1, 0.15) is 18.3 Å². The zero-order valence-electron chi connectivity index (χ0n) is 11.3. The number of benzene rings is 1. The van der Waals surface area contributed by atoms with Crippen LogP contribution in [0.25, 0.3) is 10.9 Å². The Bertz CT molecular complexity index is 829. The van der Waals surface area contributed by atoms with Gasteiger partial charge in [-0.15, -0.1) is 0 Å². The zero-order valence-corrected chi connectivity index (χ0v) is 11.3. The Hall–Kier alpha value is -2.20. The maximum absolute atomic E-state index is 12.1. The average Bonchev–Trinajstić information content (AvgIpc) is 2.75.